The van der Waals surface area contributed by atoms with Crippen LogP contribution in [0, 0.1) is 5.82 Å². The summed E-state index contributed by atoms with van der Waals surface area (Å²) in [5.41, 5.74) is 1.77. The van der Waals surface area contributed by atoms with E-state index in [2.05, 4.69) is 5.32 Å². The van der Waals surface area contributed by atoms with Crippen molar-refractivity contribution in [2.75, 3.05) is 13.1 Å². The first-order valence-electron chi connectivity index (χ1n) is 8.96. The summed E-state index contributed by atoms with van der Waals surface area (Å²) in [6.45, 7) is 1.06. The molecule has 136 valence electrons. The molecule has 1 fully saturated rings. The number of amides is 2. The Bertz CT molecular complexity index is 764. The van der Waals surface area contributed by atoms with E-state index in [-0.39, 0.29) is 23.7 Å². The summed E-state index contributed by atoms with van der Waals surface area (Å²) >= 11 is 0. The fourth-order valence-corrected chi connectivity index (χ4v) is 3.36. The highest BCUT2D eigenvalue weighted by molar-refractivity contribution is 5.80. The third-order valence-corrected chi connectivity index (χ3v) is 4.65. The van der Waals surface area contributed by atoms with Crippen molar-refractivity contribution in [3.63, 3.8) is 0 Å². The van der Waals surface area contributed by atoms with Crippen molar-refractivity contribution in [1.29, 1.82) is 0 Å². The van der Waals surface area contributed by atoms with Crippen molar-refractivity contribution in [1.82, 2.24) is 10.2 Å². The minimum absolute atomic E-state index is 0.0768. The molecule has 0 aromatic heterocycles. The van der Waals surface area contributed by atoms with Gasteiger partial charge in [0, 0.05) is 19.5 Å². The molecule has 1 aliphatic rings. The van der Waals surface area contributed by atoms with Crippen molar-refractivity contribution in [2.24, 2.45) is 0 Å². The van der Waals surface area contributed by atoms with Crippen LogP contribution in [0.25, 0.3) is 0 Å². The van der Waals surface area contributed by atoms with E-state index in [0.717, 1.165) is 17.5 Å². The average Bonchev–Trinajstić information content (AvgIpc) is 3.05. The molecule has 3 rings (SSSR count). The monoisotopic (exact) mass is 354 g/mol. The molecule has 1 atom stereocenters. The van der Waals surface area contributed by atoms with Gasteiger partial charge in [0.25, 0.3) is 0 Å². The van der Waals surface area contributed by atoms with Crippen molar-refractivity contribution in [2.45, 2.75) is 31.7 Å². The van der Waals surface area contributed by atoms with E-state index in [1.807, 2.05) is 41.3 Å². The quantitative estimate of drug-likeness (QED) is 0.831. The Hall–Kier alpha value is -2.69. The van der Waals surface area contributed by atoms with Crippen LogP contribution in [0.1, 0.15) is 24.0 Å². The lowest BCUT2D eigenvalue weighted by atomic mass is 10.0. The molecule has 5 heteroatoms. The molecular weight excluding hydrogens is 331 g/mol. The molecular formula is C21H23FN2O2. The number of nitrogens with one attached hydrogen (secondary N) is 1. The first-order valence-corrected chi connectivity index (χ1v) is 8.96. The van der Waals surface area contributed by atoms with Gasteiger partial charge in [-0.3, -0.25) is 9.59 Å². The number of halogens is 1. The van der Waals surface area contributed by atoms with Crippen LogP contribution >= 0.6 is 0 Å². The van der Waals surface area contributed by atoms with Crippen LogP contribution in [-0.2, 0) is 22.4 Å². The third kappa shape index (κ3) is 4.91. The molecule has 0 unspecified atom stereocenters. The molecule has 0 spiro atoms. The van der Waals surface area contributed by atoms with Gasteiger partial charge < -0.3 is 10.2 Å². The molecule has 4 nitrogen and oxygen atoms in total. The molecule has 0 aliphatic carbocycles. The number of benzene rings is 2. The Balaban J connectivity index is 1.63. The second-order valence-corrected chi connectivity index (χ2v) is 6.65. The van der Waals surface area contributed by atoms with Crippen LogP contribution < -0.4 is 5.32 Å². The molecule has 0 bridgehead atoms. The Labute approximate surface area is 153 Å². The van der Waals surface area contributed by atoms with E-state index in [1.165, 1.54) is 12.1 Å². The zero-order valence-electron chi connectivity index (χ0n) is 14.7. The fraction of sp³-hybridized carbons (Fsp3) is 0.333. The number of likely N-dealkylation sites (tertiary alicyclic amines) is 1. The van der Waals surface area contributed by atoms with Crippen LogP contribution in [0.3, 0.4) is 0 Å². The lowest BCUT2D eigenvalue weighted by Crippen LogP contribution is -2.46. The summed E-state index contributed by atoms with van der Waals surface area (Å²) < 4.78 is 13.5. The smallest absolute Gasteiger partial charge is 0.224 e. The van der Waals surface area contributed by atoms with E-state index in [4.69, 9.17) is 0 Å². The molecule has 0 radical (unpaired) electrons. The van der Waals surface area contributed by atoms with E-state index in [9.17, 15) is 14.0 Å². The van der Waals surface area contributed by atoms with E-state index in [0.29, 0.717) is 32.4 Å². The van der Waals surface area contributed by atoms with Gasteiger partial charge in [-0.15, -0.1) is 0 Å². The molecule has 1 heterocycles. The summed E-state index contributed by atoms with van der Waals surface area (Å²) in [5.74, 6) is -0.266. The number of carbonyl (C=O) groups is 2. The molecule has 2 aromatic rings. The van der Waals surface area contributed by atoms with Crippen molar-refractivity contribution in [3.8, 4) is 0 Å². The summed E-state index contributed by atoms with van der Waals surface area (Å²) in [7, 11) is 0. The Morgan fingerprint density at radius 2 is 1.88 bits per heavy atom. The minimum Gasteiger partial charge on any atom is -0.354 e. The maximum atomic E-state index is 13.5. The minimum atomic E-state index is -0.290. The lowest BCUT2D eigenvalue weighted by molar-refractivity contribution is -0.130. The van der Waals surface area contributed by atoms with Gasteiger partial charge in [0.15, 0.2) is 0 Å². The third-order valence-electron chi connectivity index (χ3n) is 4.65. The summed E-state index contributed by atoms with van der Waals surface area (Å²) in [5, 5.41) is 2.94. The maximum Gasteiger partial charge on any atom is 0.224 e. The van der Waals surface area contributed by atoms with Gasteiger partial charge in [-0.05, 0) is 36.1 Å². The zero-order valence-corrected chi connectivity index (χ0v) is 14.7. The first-order chi connectivity index (χ1) is 12.6. The highest BCUT2D eigenvalue weighted by Gasteiger charge is 2.28. The van der Waals surface area contributed by atoms with Gasteiger partial charge in [0.1, 0.15) is 5.82 Å². The largest absolute Gasteiger partial charge is 0.354 e. The van der Waals surface area contributed by atoms with Crippen LogP contribution in [0.2, 0.25) is 0 Å². The maximum absolute atomic E-state index is 13.5. The van der Waals surface area contributed by atoms with E-state index < -0.39 is 0 Å². The van der Waals surface area contributed by atoms with Crippen molar-refractivity contribution >= 4 is 11.8 Å². The van der Waals surface area contributed by atoms with Gasteiger partial charge in [-0.1, -0.05) is 42.5 Å². The van der Waals surface area contributed by atoms with E-state index >= 15 is 0 Å². The number of carbonyl (C=O) groups excluding carboxylic acids is 2. The molecule has 0 saturated carbocycles. The lowest BCUT2D eigenvalue weighted by Gasteiger charge is -2.28. The van der Waals surface area contributed by atoms with Gasteiger partial charge in [0.05, 0.1) is 12.5 Å². The average molecular weight is 354 g/mol. The molecule has 26 heavy (non-hydrogen) atoms. The van der Waals surface area contributed by atoms with Crippen LogP contribution in [-0.4, -0.2) is 35.8 Å². The van der Waals surface area contributed by atoms with Gasteiger partial charge in [0.2, 0.25) is 11.8 Å². The van der Waals surface area contributed by atoms with E-state index in [1.54, 1.807) is 6.07 Å². The second-order valence-electron chi connectivity index (χ2n) is 6.65. The first kappa shape index (κ1) is 18.1. The number of hydrogen-bond donors (Lipinski definition) is 1. The SMILES string of the molecule is O=C(Cc1ccccc1)NC[C@@H](Cc1cccc(F)c1)N1CCCC1=O. The van der Waals surface area contributed by atoms with Crippen molar-refractivity contribution in [3.05, 3.63) is 71.5 Å². The topological polar surface area (TPSA) is 49.4 Å². The van der Waals surface area contributed by atoms with Gasteiger partial charge >= 0.3 is 0 Å². The second kappa shape index (κ2) is 8.61. The highest BCUT2D eigenvalue weighted by Crippen LogP contribution is 2.17. The van der Waals surface area contributed by atoms with Crippen molar-refractivity contribution < 1.29 is 14.0 Å². The normalized spacial score (nSPS) is 15.1. The van der Waals surface area contributed by atoms with Crippen LogP contribution in [0.5, 0.6) is 0 Å². The summed E-state index contributed by atoms with van der Waals surface area (Å²) in [6.07, 6.45) is 2.20. The Kier molecular flexibility index (Phi) is 6.00. The van der Waals surface area contributed by atoms with Crippen LogP contribution in [0.15, 0.2) is 54.6 Å². The standard InChI is InChI=1S/C21H23FN2O2/c22-18-9-4-8-17(12-18)13-19(24-11-5-10-21(24)26)15-23-20(25)14-16-6-2-1-3-7-16/h1-4,6-9,12,19H,5,10-11,13-15H2,(H,23,25)/t19-/m1/s1. The molecule has 1 N–H and O–H groups in total. The van der Waals surface area contributed by atoms with Gasteiger partial charge in [-0.2, -0.15) is 0 Å². The zero-order chi connectivity index (χ0) is 18.4. The molecule has 2 aromatic carbocycles. The summed E-state index contributed by atoms with van der Waals surface area (Å²) in [4.78, 5) is 26.2. The predicted molar refractivity (Wildman–Crippen MR) is 98.0 cm³/mol. The highest BCUT2D eigenvalue weighted by atomic mass is 19.1. The number of nitrogens with zero attached hydrogens (tertiary/aromatic N) is 1. The van der Waals surface area contributed by atoms with Gasteiger partial charge in [-0.25, -0.2) is 4.39 Å². The molecule has 1 saturated heterocycles. The predicted octanol–water partition coefficient (Wildman–Crippen LogP) is 2.72. The Morgan fingerprint density at radius 1 is 1.12 bits per heavy atom. The number of rotatable bonds is 7. The van der Waals surface area contributed by atoms with Crippen LogP contribution in [0.4, 0.5) is 4.39 Å². The fourth-order valence-electron chi connectivity index (χ4n) is 3.36. The summed E-state index contributed by atoms with van der Waals surface area (Å²) in [6, 6.07) is 15.8. The molecule has 2 amide bonds. The Morgan fingerprint density at radius 3 is 2.58 bits per heavy atom. The molecule has 1 aliphatic heterocycles. The number of hydrogen-bond acceptors (Lipinski definition) is 2.